The molecule has 0 aromatic heterocycles. The van der Waals surface area contributed by atoms with E-state index in [1.165, 1.54) is 12.8 Å². The summed E-state index contributed by atoms with van der Waals surface area (Å²) in [6.45, 7) is 0. The molecule has 68 valence electrons. The lowest BCUT2D eigenvalue weighted by molar-refractivity contribution is -0.292. The molecule has 1 aliphatic carbocycles. The van der Waals surface area contributed by atoms with Crippen molar-refractivity contribution in [2.45, 2.75) is 37.8 Å². The molecule has 0 bridgehead atoms. The highest BCUT2D eigenvalue weighted by Crippen LogP contribution is 2.30. The van der Waals surface area contributed by atoms with Crippen molar-refractivity contribution in [3.8, 4) is 0 Å². The Kier molecular flexibility index (Phi) is 2.33. The van der Waals surface area contributed by atoms with Crippen molar-refractivity contribution in [1.82, 2.24) is 5.32 Å². The van der Waals surface area contributed by atoms with Gasteiger partial charge in [-0.3, -0.25) is 5.26 Å². The molecule has 3 nitrogen and oxygen atoms in total. The number of nitrogens with one attached hydrogen (secondary N) is 1. The van der Waals surface area contributed by atoms with Gasteiger partial charge in [-0.15, -0.1) is 0 Å². The molecule has 0 radical (unpaired) electrons. The van der Waals surface area contributed by atoms with E-state index in [4.69, 9.17) is 5.26 Å². The Balaban J connectivity index is 2.05. The van der Waals surface area contributed by atoms with Crippen LogP contribution in [-0.4, -0.2) is 17.4 Å². The monoisotopic (exact) mass is 169 g/mol. The molecule has 3 unspecified atom stereocenters. The molecule has 0 aromatic carbocycles. The summed E-state index contributed by atoms with van der Waals surface area (Å²) < 4.78 is 0. The highest BCUT2D eigenvalue weighted by Gasteiger charge is 2.34. The number of allylic oxidation sites excluding steroid dienone is 1. The lowest BCUT2D eigenvalue weighted by Crippen LogP contribution is -2.48. The van der Waals surface area contributed by atoms with Crippen molar-refractivity contribution in [2.75, 3.05) is 0 Å². The van der Waals surface area contributed by atoms with E-state index in [0.29, 0.717) is 12.0 Å². The number of fused-ring (bicyclic) bond motifs is 1. The predicted molar refractivity (Wildman–Crippen MR) is 45.5 cm³/mol. The molecule has 3 heteroatoms. The quantitative estimate of drug-likeness (QED) is 0.462. The Bertz CT molecular complexity index is 181. The third-order valence-corrected chi connectivity index (χ3v) is 2.95. The van der Waals surface area contributed by atoms with Gasteiger partial charge in [0.2, 0.25) is 0 Å². The van der Waals surface area contributed by atoms with Crippen molar-refractivity contribution >= 4 is 0 Å². The standard InChI is InChI=1S/C9H15NO2/c11-12-8-5-1-3-7-4-2-6-10-9(7)8/h2,6-11H,1,3-5H2. The van der Waals surface area contributed by atoms with Crippen LogP contribution in [0.25, 0.3) is 0 Å². The molecular weight excluding hydrogens is 154 g/mol. The first-order chi connectivity index (χ1) is 5.92. The molecule has 1 aliphatic heterocycles. The average molecular weight is 169 g/mol. The van der Waals surface area contributed by atoms with Gasteiger partial charge in [0.1, 0.15) is 6.10 Å². The third kappa shape index (κ3) is 1.34. The maximum Gasteiger partial charge on any atom is 0.113 e. The molecule has 0 spiro atoms. The van der Waals surface area contributed by atoms with E-state index < -0.39 is 0 Å². The van der Waals surface area contributed by atoms with Crippen LogP contribution in [0.2, 0.25) is 0 Å². The van der Waals surface area contributed by atoms with E-state index in [1.54, 1.807) is 0 Å². The molecule has 0 saturated heterocycles. The highest BCUT2D eigenvalue weighted by atomic mass is 17.1. The van der Waals surface area contributed by atoms with Gasteiger partial charge < -0.3 is 5.32 Å². The van der Waals surface area contributed by atoms with Crippen LogP contribution in [0.15, 0.2) is 12.3 Å². The van der Waals surface area contributed by atoms with Gasteiger partial charge in [-0.1, -0.05) is 12.5 Å². The van der Waals surface area contributed by atoms with Crippen molar-refractivity contribution in [3.05, 3.63) is 12.3 Å². The summed E-state index contributed by atoms with van der Waals surface area (Å²) in [6.07, 6.45) is 8.63. The van der Waals surface area contributed by atoms with Crippen LogP contribution in [0.3, 0.4) is 0 Å². The normalized spacial score (nSPS) is 40.2. The van der Waals surface area contributed by atoms with Gasteiger partial charge in [-0.05, 0) is 31.4 Å². The van der Waals surface area contributed by atoms with Crippen molar-refractivity contribution in [1.29, 1.82) is 0 Å². The van der Waals surface area contributed by atoms with Crippen molar-refractivity contribution in [3.63, 3.8) is 0 Å². The van der Waals surface area contributed by atoms with Gasteiger partial charge in [-0.2, -0.15) is 0 Å². The minimum absolute atomic E-state index is 0.00583. The molecule has 0 amide bonds. The van der Waals surface area contributed by atoms with Gasteiger partial charge in [0.25, 0.3) is 0 Å². The Hall–Kier alpha value is -0.540. The largest absolute Gasteiger partial charge is 0.385 e. The first-order valence-electron chi connectivity index (χ1n) is 4.63. The van der Waals surface area contributed by atoms with E-state index >= 15 is 0 Å². The summed E-state index contributed by atoms with van der Waals surface area (Å²) in [5.74, 6) is 0.654. The Labute approximate surface area is 72.3 Å². The molecular formula is C9H15NO2. The Morgan fingerprint density at radius 2 is 2.33 bits per heavy atom. The van der Waals surface area contributed by atoms with E-state index in [0.717, 1.165) is 12.8 Å². The Morgan fingerprint density at radius 3 is 3.17 bits per heavy atom. The molecule has 1 heterocycles. The van der Waals surface area contributed by atoms with E-state index in [9.17, 15) is 0 Å². The summed E-state index contributed by atoms with van der Waals surface area (Å²) in [5, 5.41) is 11.9. The topological polar surface area (TPSA) is 41.5 Å². The van der Waals surface area contributed by atoms with E-state index in [2.05, 4.69) is 16.3 Å². The first-order valence-corrected chi connectivity index (χ1v) is 4.63. The summed E-state index contributed by atoms with van der Waals surface area (Å²) in [4.78, 5) is 4.46. The van der Waals surface area contributed by atoms with Crippen LogP contribution in [0.4, 0.5) is 0 Å². The van der Waals surface area contributed by atoms with E-state index in [-0.39, 0.29) is 6.10 Å². The van der Waals surface area contributed by atoms with Crippen LogP contribution < -0.4 is 5.32 Å². The molecule has 3 atom stereocenters. The van der Waals surface area contributed by atoms with Gasteiger partial charge in [0.05, 0.1) is 6.04 Å². The Morgan fingerprint density at radius 1 is 1.42 bits per heavy atom. The zero-order valence-corrected chi connectivity index (χ0v) is 7.07. The second-order valence-corrected chi connectivity index (χ2v) is 3.67. The average Bonchev–Trinajstić information content (AvgIpc) is 2.17. The zero-order valence-electron chi connectivity index (χ0n) is 7.07. The predicted octanol–water partition coefficient (Wildman–Crippen LogP) is 1.52. The van der Waals surface area contributed by atoms with Crippen molar-refractivity contribution in [2.24, 2.45) is 5.92 Å². The minimum atomic E-state index is -0.00583. The summed E-state index contributed by atoms with van der Waals surface area (Å²) in [7, 11) is 0. The summed E-state index contributed by atoms with van der Waals surface area (Å²) in [6, 6.07) is 0.328. The third-order valence-electron chi connectivity index (χ3n) is 2.95. The lowest BCUT2D eigenvalue weighted by atomic mass is 9.79. The SMILES string of the molecule is OOC1CCCC2CC=CNC21. The van der Waals surface area contributed by atoms with Gasteiger partial charge in [0.15, 0.2) is 0 Å². The number of hydrogen-bond acceptors (Lipinski definition) is 3. The van der Waals surface area contributed by atoms with Crippen LogP contribution in [0.5, 0.6) is 0 Å². The minimum Gasteiger partial charge on any atom is -0.385 e. The molecule has 1 fully saturated rings. The number of rotatable bonds is 1. The van der Waals surface area contributed by atoms with Crippen LogP contribution >= 0.6 is 0 Å². The molecule has 2 rings (SSSR count). The number of hydrogen-bond donors (Lipinski definition) is 2. The van der Waals surface area contributed by atoms with Crippen LogP contribution in [0, 0.1) is 5.92 Å². The second kappa shape index (κ2) is 3.46. The summed E-state index contributed by atoms with van der Waals surface area (Å²) in [5.41, 5.74) is 0. The maximum absolute atomic E-state index is 8.67. The fourth-order valence-corrected chi connectivity index (χ4v) is 2.29. The maximum atomic E-state index is 8.67. The van der Waals surface area contributed by atoms with E-state index in [1.807, 2.05) is 6.20 Å². The molecule has 2 N–H and O–H groups in total. The summed E-state index contributed by atoms with van der Waals surface area (Å²) >= 11 is 0. The highest BCUT2D eigenvalue weighted by molar-refractivity contribution is 5.00. The zero-order chi connectivity index (χ0) is 8.39. The fraction of sp³-hybridized carbons (Fsp3) is 0.778. The van der Waals surface area contributed by atoms with Crippen molar-refractivity contribution < 1.29 is 10.1 Å². The molecule has 2 aliphatic rings. The lowest BCUT2D eigenvalue weighted by Gasteiger charge is -2.38. The molecule has 1 saturated carbocycles. The van der Waals surface area contributed by atoms with Gasteiger partial charge in [0, 0.05) is 0 Å². The molecule has 12 heavy (non-hydrogen) atoms. The van der Waals surface area contributed by atoms with Gasteiger partial charge >= 0.3 is 0 Å². The second-order valence-electron chi connectivity index (χ2n) is 3.67. The molecule has 0 aromatic rings. The van der Waals surface area contributed by atoms with Crippen LogP contribution in [0.1, 0.15) is 25.7 Å². The van der Waals surface area contributed by atoms with Crippen LogP contribution in [-0.2, 0) is 4.89 Å². The smallest absolute Gasteiger partial charge is 0.113 e. The first kappa shape index (κ1) is 8.08. The van der Waals surface area contributed by atoms with Gasteiger partial charge in [-0.25, -0.2) is 4.89 Å². The fourth-order valence-electron chi connectivity index (χ4n) is 2.29.